The van der Waals surface area contributed by atoms with Gasteiger partial charge in [0.25, 0.3) is 0 Å². The molecule has 0 saturated carbocycles. The van der Waals surface area contributed by atoms with Crippen molar-refractivity contribution in [1.82, 2.24) is 4.72 Å². The molecule has 0 fully saturated rings. The van der Waals surface area contributed by atoms with Crippen LogP contribution >= 0.6 is 0 Å². The SMILES string of the molecule is Cc1ccc(S(=O)(=O)NCC(C)CO)c(N)c1. The summed E-state index contributed by atoms with van der Waals surface area (Å²) in [4.78, 5) is 0.0771. The second-order valence-corrected chi connectivity index (χ2v) is 5.92. The van der Waals surface area contributed by atoms with E-state index in [1.54, 1.807) is 19.1 Å². The molecule has 0 radical (unpaired) electrons. The van der Waals surface area contributed by atoms with Crippen LogP contribution in [0.1, 0.15) is 12.5 Å². The molecule has 17 heavy (non-hydrogen) atoms. The zero-order valence-electron chi connectivity index (χ0n) is 9.97. The molecule has 0 saturated heterocycles. The van der Waals surface area contributed by atoms with Gasteiger partial charge in [-0.05, 0) is 30.5 Å². The lowest BCUT2D eigenvalue weighted by atomic mass is 10.2. The van der Waals surface area contributed by atoms with Gasteiger partial charge in [0.1, 0.15) is 4.90 Å². The van der Waals surface area contributed by atoms with E-state index in [4.69, 9.17) is 10.8 Å². The minimum Gasteiger partial charge on any atom is -0.398 e. The summed E-state index contributed by atoms with van der Waals surface area (Å²) in [6, 6.07) is 4.79. The highest BCUT2D eigenvalue weighted by molar-refractivity contribution is 7.89. The van der Waals surface area contributed by atoms with Crippen molar-refractivity contribution in [1.29, 1.82) is 0 Å². The molecule has 0 bridgehead atoms. The number of nitrogens with two attached hydrogens (primary N) is 1. The normalized spacial score (nSPS) is 13.6. The summed E-state index contributed by atoms with van der Waals surface area (Å²) in [6.07, 6.45) is 0. The Morgan fingerprint density at radius 2 is 2.12 bits per heavy atom. The second-order valence-electron chi connectivity index (χ2n) is 4.18. The first-order valence-electron chi connectivity index (χ1n) is 5.33. The molecule has 0 aliphatic rings. The molecular formula is C11H18N2O3S. The van der Waals surface area contributed by atoms with Gasteiger partial charge in [-0.15, -0.1) is 0 Å². The summed E-state index contributed by atoms with van der Waals surface area (Å²) in [5.41, 5.74) is 6.82. The molecule has 6 heteroatoms. The van der Waals surface area contributed by atoms with Crippen LogP contribution in [0.25, 0.3) is 0 Å². The van der Waals surface area contributed by atoms with Gasteiger partial charge >= 0.3 is 0 Å². The van der Waals surface area contributed by atoms with Crippen LogP contribution in [0.15, 0.2) is 23.1 Å². The molecule has 0 spiro atoms. The molecule has 1 aromatic carbocycles. The summed E-state index contributed by atoms with van der Waals surface area (Å²) in [7, 11) is -3.60. The quantitative estimate of drug-likeness (QED) is 0.670. The highest BCUT2D eigenvalue weighted by Crippen LogP contribution is 2.19. The van der Waals surface area contributed by atoms with Crippen LogP contribution in [-0.2, 0) is 10.0 Å². The maximum atomic E-state index is 11.9. The minimum absolute atomic E-state index is 0.0636. The standard InChI is InChI=1S/C11H18N2O3S/c1-8-3-4-11(10(12)5-8)17(15,16)13-6-9(2)7-14/h3-5,9,13-14H,6-7,12H2,1-2H3. The van der Waals surface area contributed by atoms with E-state index in [1.165, 1.54) is 6.07 Å². The Labute approximate surface area is 102 Å². The zero-order chi connectivity index (χ0) is 13.1. The molecule has 1 rings (SSSR count). The maximum absolute atomic E-state index is 11.9. The van der Waals surface area contributed by atoms with Gasteiger partial charge in [-0.2, -0.15) is 0 Å². The second kappa shape index (κ2) is 5.48. The highest BCUT2D eigenvalue weighted by atomic mass is 32.2. The first-order valence-corrected chi connectivity index (χ1v) is 6.82. The average molecular weight is 258 g/mol. The largest absolute Gasteiger partial charge is 0.398 e. The fourth-order valence-corrected chi connectivity index (χ4v) is 2.58. The monoisotopic (exact) mass is 258 g/mol. The van der Waals surface area contributed by atoms with Gasteiger partial charge in [0, 0.05) is 13.2 Å². The lowest BCUT2D eigenvalue weighted by Gasteiger charge is -2.12. The van der Waals surface area contributed by atoms with E-state index in [1.807, 2.05) is 6.92 Å². The summed E-state index contributed by atoms with van der Waals surface area (Å²) in [6.45, 7) is 3.72. The molecule has 1 unspecified atom stereocenters. The third-order valence-electron chi connectivity index (χ3n) is 2.39. The van der Waals surface area contributed by atoms with Crippen molar-refractivity contribution in [2.75, 3.05) is 18.9 Å². The molecule has 0 heterocycles. The Morgan fingerprint density at radius 3 is 2.65 bits per heavy atom. The van der Waals surface area contributed by atoms with Gasteiger partial charge in [0.05, 0.1) is 5.69 Å². The predicted molar refractivity (Wildman–Crippen MR) is 67.0 cm³/mol. The Bertz CT molecular complexity index is 485. The zero-order valence-corrected chi connectivity index (χ0v) is 10.8. The molecule has 0 amide bonds. The van der Waals surface area contributed by atoms with Crippen molar-refractivity contribution in [2.45, 2.75) is 18.7 Å². The van der Waals surface area contributed by atoms with E-state index in [-0.39, 0.29) is 29.7 Å². The smallest absolute Gasteiger partial charge is 0.242 e. The van der Waals surface area contributed by atoms with Gasteiger partial charge in [0.2, 0.25) is 10.0 Å². The molecule has 5 nitrogen and oxygen atoms in total. The molecule has 96 valence electrons. The Kier molecular flexibility index (Phi) is 4.50. The van der Waals surface area contributed by atoms with E-state index in [0.29, 0.717) is 0 Å². The predicted octanol–water partition coefficient (Wildman–Crippen LogP) is 0.484. The fourth-order valence-electron chi connectivity index (χ4n) is 1.31. The molecule has 0 aromatic heterocycles. The number of rotatable bonds is 5. The maximum Gasteiger partial charge on any atom is 0.242 e. The number of benzene rings is 1. The first kappa shape index (κ1) is 14.0. The van der Waals surface area contributed by atoms with E-state index >= 15 is 0 Å². The number of aliphatic hydroxyl groups is 1. The summed E-state index contributed by atoms with van der Waals surface area (Å²) in [5.74, 6) is -0.128. The topological polar surface area (TPSA) is 92.4 Å². The molecule has 4 N–H and O–H groups in total. The average Bonchev–Trinajstić information content (AvgIpc) is 2.25. The first-order chi connectivity index (χ1) is 7.86. The van der Waals surface area contributed by atoms with Crippen molar-refractivity contribution >= 4 is 15.7 Å². The highest BCUT2D eigenvalue weighted by Gasteiger charge is 2.17. The van der Waals surface area contributed by atoms with Crippen molar-refractivity contribution in [3.05, 3.63) is 23.8 Å². The van der Waals surface area contributed by atoms with Crippen LogP contribution in [0, 0.1) is 12.8 Å². The number of anilines is 1. The van der Waals surface area contributed by atoms with Crippen LogP contribution in [-0.4, -0.2) is 26.7 Å². The number of nitrogens with one attached hydrogen (secondary N) is 1. The summed E-state index contributed by atoms with van der Waals surface area (Å²) < 4.78 is 26.2. The van der Waals surface area contributed by atoms with Crippen molar-refractivity contribution in [3.8, 4) is 0 Å². The van der Waals surface area contributed by atoms with Crippen LogP contribution in [0.3, 0.4) is 0 Å². The van der Waals surface area contributed by atoms with E-state index in [9.17, 15) is 8.42 Å². The lowest BCUT2D eigenvalue weighted by Crippen LogP contribution is -2.30. The summed E-state index contributed by atoms with van der Waals surface area (Å²) >= 11 is 0. The lowest BCUT2D eigenvalue weighted by molar-refractivity contribution is 0.238. The Morgan fingerprint density at radius 1 is 1.47 bits per heavy atom. The van der Waals surface area contributed by atoms with Gasteiger partial charge in [-0.25, -0.2) is 13.1 Å². The van der Waals surface area contributed by atoms with Crippen molar-refractivity contribution in [3.63, 3.8) is 0 Å². The molecule has 1 atom stereocenters. The molecule has 0 aliphatic carbocycles. The summed E-state index contributed by atoms with van der Waals surface area (Å²) in [5, 5.41) is 8.83. The Balaban J connectivity index is 2.90. The number of nitrogen functional groups attached to an aromatic ring is 1. The number of hydrogen-bond donors (Lipinski definition) is 3. The van der Waals surface area contributed by atoms with Crippen molar-refractivity contribution in [2.24, 2.45) is 5.92 Å². The molecule has 1 aromatic rings. The van der Waals surface area contributed by atoms with E-state index in [2.05, 4.69) is 4.72 Å². The van der Waals surface area contributed by atoms with Crippen LogP contribution in [0.4, 0.5) is 5.69 Å². The number of sulfonamides is 1. The van der Waals surface area contributed by atoms with Crippen LogP contribution in [0.2, 0.25) is 0 Å². The van der Waals surface area contributed by atoms with Crippen LogP contribution < -0.4 is 10.5 Å². The van der Waals surface area contributed by atoms with Gasteiger partial charge in [-0.3, -0.25) is 0 Å². The fraction of sp³-hybridized carbons (Fsp3) is 0.455. The third kappa shape index (κ3) is 3.69. The molecular weight excluding hydrogens is 240 g/mol. The minimum atomic E-state index is -3.60. The van der Waals surface area contributed by atoms with Gasteiger partial charge < -0.3 is 10.8 Å². The third-order valence-corrected chi connectivity index (χ3v) is 3.89. The van der Waals surface area contributed by atoms with E-state index in [0.717, 1.165) is 5.56 Å². The van der Waals surface area contributed by atoms with Gasteiger partial charge in [0.15, 0.2) is 0 Å². The number of aliphatic hydroxyl groups excluding tert-OH is 1. The Hall–Kier alpha value is -1.11. The number of hydrogen-bond acceptors (Lipinski definition) is 4. The van der Waals surface area contributed by atoms with Crippen molar-refractivity contribution < 1.29 is 13.5 Å². The van der Waals surface area contributed by atoms with Gasteiger partial charge in [-0.1, -0.05) is 13.0 Å². The van der Waals surface area contributed by atoms with E-state index < -0.39 is 10.0 Å². The number of aryl methyl sites for hydroxylation is 1. The van der Waals surface area contributed by atoms with Crippen LogP contribution in [0.5, 0.6) is 0 Å². The molecule has 0 aliphatic heterocycles.